The molecule has 14 N–H and O–H groups in total. The van der Waals surface area contributed by atoms with Crippen molar-refractivity contribution in [3.63, 3.8) is 0 Å². The van der Waals surface area contributed by atoms with Gasteiger partial charge in [0.15, 0.2) is 11.6 Å². The highest BCUT2D eigenvalue weighted by Crippen LogP contribution is 2.38. The number of alkyl carbamates (subject to hydrolysis) is 2. The molecule has 35 nitrogen and oxygen atoms in total. The highest BCUT2D eigenvalue weighted by molar-refractivity contribution is 5.98. The Hall–Kier alpha value is -15.0. The van der Waals surface area contributed by atoms with Crippen molar-refractivity contribution in [3.8, 4) is 0 Å². The van der Waals surface area contributed by atoms with Gasteiger partial charge >= 0.3 is 30.3 Å². The monoisotopic (exact) mass is 2040 g/mol. The molecule has 794 valence electrons. The number of ether oxygens (including phenoxy) is 4. The molecule has 6 aliphatic rings. The molecule has 0 spiro atoms. The molecule has 14 rings (SSSR count). The number of nitrogens with one attached hydrogen (secondary N) is 5. The van der Waals surface area contributed by atoms with Crippen LogP contribution < -0.4 is 49.5 Å². The molecule has 12 amide bonds. The van der Waals surface area contributed by atoms with Gasteiger partial charge in [0.1, 0.15) is 60.4 Å². The summed E-state index contributed by atoms with van der Waals surface area (Å²) in [4.78, 5) is 214. The molecule has 35 heteroatoms. The van der Waals surface area contributed by atoms with Gasteiger partial charge in [-0.3, -0.25) is 52.7 Å². The molecule has 6 heterocycles. The first-order valence-electron chi connectivity index (χ1n) is 51.2. The van der Waals surface area contributed by atoms with Crippen LogP contribution in [-0.2, 0) is 89.7 Å². The second-order valence-corrected chi connectivity index (χ2v) is 40.5. The molecule has 6 aliphatic heterocycles. The first-order chi connectivity index (χ1) is 71.3. The van der Waals surface area contributed by atoms with E-state index in [0.29, 0.717) is 77.3 Å². The maximum absolute atomic E-state index is 14.4. The molecule has 0 radical (unpaired) electrons. The van der Waals surface area contributed by atoms with Gasteiger partial charge in [0.05, 0.1) is 30.6 Å². The van der Waals surface area contributed by atoms with Crippen LogP contribution >= 0.6 is 0 Å². The van der Waals surface area contributed by atoms with E-state index in [2.05, 4.69) is 26.6 Å². The number of benzene rings is 8. The second-order valence-electron chi connectivity index (χ2n) is 40.5. The summed E-state index contributed by atoms with van der Waals surface area (Å²) in [6, 6.07) is 68.7. The van der Waals surface area contributed by atoms with Crippen LogP contribution in [0.3, 0.4) is 0 Å². The fourth-order valence-corrected chi connectivity index (χ4v) is 19.7. The van der Waals surface area contributed by atoms with Crippen LogP contribution in [0.2, 0.25) is 0 Å². The molecule has 8 aromatic rings. The summed E-state index contributed by atoms with van der Waals surface area (Å²) in [5, 5.41) is 23.6. The fourth-order valence-electron chi connectivity index (χ4n) is 19.7. The van der Waals surface area contributed by atoms with Crippen LogP contribution in [0.4, 0.5) is 19.2 Å². The van der Waals surface area contributed by atoms with Crippen LogP contribution in [0.15, 0.2) is 243 Å². The molecular weight excluding hydrogens is 1900 g/mol. The Kier molecular flexibility index (Phi) is 42.7. The quantitative estimate of drug-likeness (QED) is 0.0165. The Morgan fingerprint density at radius 3 is 1.05 bits per heavy atom. The Morgan fingerprint density at radius 2 is 0.698 bits per heavy atom. The molecule has 0 bridgehead atoms. The number of carboxylic acid groups (broad SMARTS) is 1. The number of carboxylic acids is 1. The van der Waals surface area contributed by atoms with Gasteiger partial charge in [-0.1, -0.05) is 250 Å². The lowest BCUT2D eigenvalue weighted by molar-refractivity contribution is -0.152. The van der Waals surface area contributed by atoms with Crippen LogP contribution in [-0.4, -0.2) is 241 Å². The number of Topliss-reactive ketones (excluding diaryl/α,β-unsaturated/α-hetero) is 3. The van der Waals surface area contributed by atoms with E-state index in [9.17, 15) is 81.8 Å². The molecule has 0 aliphatic carbocycles. The van der Waals surface area contributed by atoms with Gasteiger partial charge in [0.25, 0.3) is 0 Å². The Morgan fingerprint density at radius 1 is 0.389 bits per heavy atom. The number of ketones is 3. The highest BCUT2D eigenvalue weighted by atomic mass is 16.6. The summed E-state index contributed by atoms with van der Waals surface area (Å²) < 4.78 is 21.8. The smallest absolute Gasteiger partial charge is 0.410 e. The number of amides is 12. The third kappa shape index (κ3) is 34.8. The third-order valence-electron chi connectivity index (χ3n) is 27.2. The van der Waals surface area contributed by atoms with Gasteiger partial charge in [0.2, 0.25) is 47.3 Å². The van der Waals surface area contributed by atoms with E-state index >= 15 is 0 Å². The van der Waals surface area contributed by atoms with Crippen molar-refractivity contribution in [2.45, 2.75) is 273 Å². The number of primary amides is 3. The van der Waals surface area contributed by atoms with Crippen molar-refractivity contribution in [1.82, 2.24) is 51.1 Å². The van der Waals surface area contributed by atoms with E-state index in [4.69, 9.17) is 41.9 Å². The van der Waals surface area contributed by atoms with Crippen molar-refractivity contribution in [2.24, 2.45) is 28.9 Å². The number of nitrogens with zero attached hydrogens (tertiary/aromatic N) is 5. The summed E-state index contributed by atoms with van der Waals surface area (Å²) in [6.45, 7) is 13.7. The molecule has 0 saturated carbocycles. The minimum absolute atomic E-state index is 0.0107. The number of carbonyl (C=O) groups excluding carboxylic acids is 15. The Labute approximate surface area is 870 Å². The maximum atomic E-state index is 14.4. The number of carbonyl (C=O) groups is 16. The van der Waals surface area contributed by atoms with E-state index in [1.165, 1.54) is 14.7 Å². The predicted octanol–water partition coefficient (Wildman–Crippen LogP) is 12.1. The topological polar surface area (TPSA) is 511 Å². The molecule has 6 fully saturated rings. The van der Waals surface area contributed by atoms with Gasteiger partial charge in [-0.2, -0.15) is 0 Å². The lowest BCUT2D eigenvalue weighted by atomic mass is 9.85. The lowest BCUT2D eigenvalue weighted by Gasteiger charge is -2.38. The average molecular weight is 2040 g/mol. The maximum Gasteiger partial charge on any atom is 0.410 e. The van der Waals surface area contributed by atoms with Crippen molar-refractivity contribution >= 4 is 94.9 Å². The first-order valence-corrected chi connectivity index (χ1v) is 51.2. The molecule has 149 heavy (non-hydrogen) atoms. The average Bonchev–Trinajstić information content (AvgIpc) is 1.66. The van der Waals surface area contributed by atoms with Crippen LogP contribution in [0.1, 0.15) is 226 Å². The van der Waals surface area contributed by atoms with Crippen LogP contribution in [0.25, 0.3) is 0 Å². The van der Waals surface area contributed by atoms with E-state index in [0.717, 1.165) is 44.5 Å². The van der Waals surface area contributed by atoms with Crippen molar-refractivity contribution in [3.05, 3.63) is 287 Å². The minimum atomic E-state index is -1.26. The summed E-state index contributed by atoms with van der Waals surface area (Å²) >= 11 is 0. The summed E-state index contributed by atoms with van der Waals surface area (Å²) in [7, 11) is 0. The predicted molar refractivity (Wildman–Crippen MR) is 557 cm³/mol. The molecule has 0 aromatic heterocycles. The van der Waals surface area contributed by atoms with Crippen LogP contribution in [0.5, 0.6) is 0 Å². The van der Waals surface area contributed by atoms with E-state index in [1.54, 1.807) is 58.3 Å². The number of fused-ring (bicyclic) bond motifs is 3. The van der Waals surface area contributed by atoms with Crippen molar-refractivity contribution in [2.75, 3.05) is 39.3 Å². The number of hydrogen-bond donors (Lipinski definition) is 10. The summed E-state index contributed by atoms with van der Waals surface area (Å²) in [6.07, 6.45) is 2.50. The molecule has 12 atom stereocenters. The van der Waals surface area contributed by atoms with Gasteiger partial charge in [-0.15, -0.1) is 0 Å². The van der Waals surface area contributed by atoms with Gasteiger partial charge in [0, 0.05) is 101 Å². The van der Waals surface area contributed by atoms with Crippen molar-refractivity contribution in [1.29, 1.82) is 0 Å². The molecular formula is C114H142N14O21. The molecule has 8 aromatic carbocycles. The SMILES string of the molecule is CC(C)(C)OC(=O)N[C@H]1CN(C(=O)OCc2ccccc2)CC[C@H]2CC[C@@H](C(=O)N[C@@H](CCC(N)=O)C(=O)CC(c3ccccc3)c3ccccc3)N2C1=O.CC(C)(C)OC(=O)N[C@H]1CNCC[C@H]2CC[C@@H](C(=O)N[C@@H](CCC(N)=O)C(=O)CC(c3ccccc3)c3ccccc3)N2C1=O.C[C@H]1CN(C(=O)OCc2ccccc2)CC[C@H]2CC[C@@H](C(=O)O)N2C1=O.NC(=O)CC[C@H](N)C(=O)CC(c1ccccc1)c1ccccc1. The van der Waals surface area contributed by atoms with E-state index in [-0.39, 0.29) is 150 Å². The normalized spacial score (nSPS) is 19.7. The lowest BCUT2D eigenvalue weighted by Crippen LogP contribution is -2.62. The largest absolute Gasteiger partial charge is 0.480 e. The zero-order chi connectivity index (χ0) is 107. The highest BCUT2D eigenvalue weighted by Gasteiger charge is 2.50. The fraction of sp³-hybridized carbons (Fsp3) is 0.439. The van der Waals surface area contributed by atoms with Gasteiger partial charge in [-0.25, -0.2) is 24.0 Å². The van der Waals surface area contributed by atoms with E-state index < -0.39 is 137 Å². The van der Waals surface area contributed by atoms with Gasteiger partial charge in [-0.05, 0) is 170 Å². The number of rotatable bonds is 35. The standard InChI is InChI=1S/C42H51N5O8.C34H45N5O6.C19H24N2O5.C19H22N2O2/c1-42(2,3)55-40(52)45-34-26-46(41(53)54-27-28-13-7-4-8-14-28)24-23-31-19-21-35(47(31)39(34)51)38(50)44-33(20-22-37(43)49)36(48)25-32(29-15-9-5-10-16-29)30-17-11-6-12-18-30;1-34(2,3)45-33(44)38-27-21-36-19-18-24-14-16-28(39(24)32(27)43)31(42)37-26(15-17-30(35)41)29(40)20-25(22-10-6-4-7-11-22)23-12-8-5-9-13-23;1-13-11-20(19(25)26-12-14-5-3-2-4-6-14)10-9-15-7-8-16(18(23)24)21(15)17(13)22;20-17(11-12-19(21)23)18(22)13-16(14-7-3-1-4-8-14)15-9-5-2-6-10-15/h4-18,31-35H,19-27H2,1-3H3,(H2,43,49)(H,44,50)(H,45,52);4-13,24-28,36H,14-21H2,1-3H3,(H2,35,41)(H,37,42)(H,38,44);2-6,13,15-16H,7-12H2,1H3,(H,23,24);1-10,16-17H,11-13,20H2,(H2,21,23)/t31-,33+,34+,35+;24-,26+,27+,28+;13-,15+,16-;17-/m1100/s1. The summed E-state index contributed by atoms with van der Waals surface area (Å²) in [5.41, 5.74) is 28.0. The third-order valence-corrected chi connectivity index (χ3v) is 27.2. The zero-order valence-electron chi connectivity index (χ0n) is 85.8. The van der Waals surface area contributed by atoms with Gasteiger partial charge < -0.3 is 98.1 Å². The number of hydrogen-bond acceptors (Lipinski definition) is 22. The molecule has 6 saturated heterocycles. The summed E-state index contributed by atoms with van der Waals surface area (Å²) in [5.74, 6) is -6.36. The van der Waals surface area contributed by atoms with E-state index in [1.807, 2.05) is 243 Å². The minimum Gasteiger partial charge on any atom is -0.480 e. The second kappa shape index (κ2) is 55.7. The Balaban J connectivity index is 0.000000200. The number of nitrogens with two attached hydrogens (primary N) is 4. The first kappa shape index (κ1) is 114. The Bertz CT molecular complexity index is 5700. The van der Waals surface area contributed by atoms with Crippen molar-refractivity contribution < 1.29 is 101 Å². The zero-order valence-corrected chi connectivity index (χ0v) is 85.8. The van der Waals surface area contributed by atoms with Crippen LogP contribution in [0, 0.1) is 5.92 Å². The number of aliphatic carboxylic acids is 1. The molecule has 0 unspecified atom stereocenters.